The van der Waals surface area contributed by atoms with Crippen LogP contribution in [0.1, 0.15) is 17.9 Å². The second-order valence-corrected chi connectivity index (χ2v) is 5.01. The molecule has 1 heterocycles. The van der Waals surface area contributed by atoms with Crippen LogP contribution in [0.3, 0.4) is 0 Å². The molecular formula is C12H14BrNO. The van der Waals surface area contributed by atoms with E-state index in [1.54, 1.807) is 0 Å². The zero-order chi connectivity index (χ0) is 10.8. The highest BCUT2D eigenvalue weighted by Crippen LogP contribution is 2.25. The molecule has 15 heavy (non-hydrogen) atoms. The number of ketones is 1. The number of carbonyl (C=O) groups excluding carboxylic acids is 1. The van der Waals surface area contributed by atoms with Gasteiger partial charge in [-0.2, -0.15) is 0 Å². The Morgan fingerprint density at radius 1 is 1.33 bits per heavy atom. The lowest BCUT2D eigenvalue weighted by molar-refractivity contribution is -0.123. The van der Waals surface area contributed by atoms with Gasteiger partial charge in [0.2, 0.25) is 0 Å². The van der Waals surface area contributed by atoms with Gasteiger partial charge in [0.05, 0.1) is 6.54 Å². The summed E-state index contributed by atoms with van der Waals surface area (Å²) < 4.78 is 1.06. The number of likely N-dealkylation sites (tertiary alicyclic amines) is 1. The van der Waals surface area contributed by atoms with Crippen molar-refractivity contribution in [2.24, 2.45) is 0 Å². The van der Waals surface area contributed by atoms with E-state index >= 15 is 0 Å². The number of rotatable bonds is 1. The quantitative estimate of drug-likeness (QED) is 0.779. The lowest BCUT2D eigenvalue weighted by Crippen LogP contribution is -2.37. The Balaban J connectivity index is 2.17. The van der Waals surface area contributed by atoms with Crippen LogP contribution in [0.5, 0.6) is 0 Å². The lowest BCUT2D eigenvalue weighted by Gasteiger charge is -2.27. The molecule has 0 N–H and O–H groups in total. The van der Waals surface area contributed by atoms with Crippen LogP contribution in [0, 0.1) is 0 Å². The Hall–Kier alpha value is -0.670. The predicted molar refractivity (Wildman–Crippen MR) is 64.0 cm³/mol. The largest absolute Gasteiger partial charge is 0.299 e. The van der Waals surface area contributed by atoms with Gasteiger partial charge < -0.3 is 0 Å². The maximum absolute atomic E-state index is 11.8. The zero-order valence-corrected chi connectivity index (χ0v) is 10.3. The van der Waals surface area contributed by atoms with Gasteiger partial charge in [-0.3, -0.25) is 9.69 Å². The molecule has 0 saturated carbocycles. The average Bonchev–Trinajstić information content (AvgIpc) is 2.20. The van der Waals surface area contributed by atoms with Gasteiger partial charge in [-0.05, 0) is 37.7 Å². The first-order valence-corrected chi connectivity index (χ1v) is 5.93. The number of likely N-dealkylation sites (N-methyl/N-ethyl adjacent to an activating group) is 1. The van der Waals surface area contributed by atoms with Crippen LogP contribution >= 0.6 is 15.9 Å². The molecule has 1 unspecified atom stereocenters. The molecule has 1 atom stereocenters. The topological polar surface area (TPSA) is 20.3 Å². The molecule has 1 fully saturated rings. The van der Waals surface area contributed by atoms with E-state index in [1.807, 2.05) is 31.3 Å². The molecule has 0 spiro atoms. The van der Waals surface area contributed by atoms with Gasteiger partial charge in [-0.15, -0.1) is 0 Å². The van der Waals surface area contributed by atoms with Crippen molar-refractivity contribution in [2.45, 2.75) is 12.3 Å². The van der Waals surface area contributed by atoms with Crippen molar-refractivity contribution in [3.05, 3.63) is 34.3 Å². The monoisotopic (exact) mass is 267 g/mol. The molecule has 0 aromatic heterocycles. The van der Waals surface area contributed by atoms with Crippen LogP contribution in [-0.4, -0.2) is 30.8 Å². The summed E-state index contributed by atoms with van der Waals surface area (Å²) in [4.78, 5) is 13.9. The fourth-order valence-electron chi connectivity index (χ4n) is 2.01. The van der Waals surface area contributed by atoms with Crippen LogP contribution < -0.4 is 0 Å². The third kappa shape index (κ3) is 2.47. The van der Waals surface area contributed by atoms with Crippen molar-refractivity contribution in [3.8, 4) is 0 Å². The van der Waals surface area contributed by atoms with Crippen molar-refractivity contribution in [3.63, 3.8) is 0 Å². The second kappa shape index (κ2) is 4.45. The molecule has 0 bridgehead atoms. The Bertz CT molecular complexity index is 360. The average molecular weight is 268 g/mol. The molecule has 1 aromatic rings. The summed E-state index contributed by atoms with van der Waals surface area (Å²) in [6, 6.07) is 8.08. The van der Waals surface area contributed by atoms with Gasteiger partial charge in [0, 0.05) is 10.4 Å². The summed E-state index contributed by atoms with van der Waals surface area (Å²) >= 11 is 3.40. The Morgan fingerprint density at radius 3 is 2.60 bits per heavy atom. The minimum atomic E-state index is 0.106. The van der Waals surface area contributed by atoms with Gasteiger partial charge in [-0.1, -0.05) is 28.1 Å². The van der Waals surface area contributed by atoms with E-state index in [9.17, 15) is 4.79 Å². The number of carbonyl (C=O) groups is 1. The highest BCUT2D eigenvalue weighted by molar-refractivity contribution is 9.10. The van der Waals surface area contributed by atoms with Crippen molar-refractivity contribution < 1.29 is 4.79 Å². The third-order valence-electron chi connectivity index (χ3n) is 2.89. The Kier molecular flexibility index (Phi) is 3.22. The minimum absolute atomic E-state index is 0.106. The number of halogens is 1. The minimum Gasteiger partial charge on any atom is -0.299 e. The fourth-order valence-corrected chi connectivity index (χ4v) is 2.28. The van der Waals surface area contributed by atoms with Gasteiger partial charge in [0.25, 0.3) is 0 Å². The lowest BCUT2D eigenvalue weighted by atomic mass is 9.89. The molecule has 0 aliphatic carbocycles. The van der Waals surface area contributed by atoms with Crippen LogP contribution in [0.4, 0.5) is 0 Å². The number of piperidine rings is 1. The number of nitrogens with zero attached hydrogens (tertiary/aromatic N) is 1. The molecule has 1 aliphatic heterocycles. The fraction of sp³-hybridized carbons (Fsp3) is 0.417. The van der Waals surface area contributed by atoms with Crippen LogP contribution in [-0.2, 0) is 4.79 Å². The maximum atomic E-state index is 11.8. The summed E-state index contributed by atoms with van der Waals surface area (Å²) in [6.07, 6.45) is 0.941. The molecule has 0 radical (unpaired) electrons. The van der Waals surface area contributed by atoms with Crippen LogP contribution in [0.2, 0.25) is 0 Å². The van der Waals surface area contributed by atoms with Crippen LogP contribution in [0.25, 0.3) is 0 Å². The van der Waals surface area contributed by atoms with E-state index in [4.69, 9.17) is 0 Å². The maximum Gasteiger partial charge on any atom is 0.154 e. The third-order valence-corrected chi connectivity index (χ3v) is 3.41. The number of Topliss-reactive ketones (excluding diaryl/α,β-unsaturated/α-hetero) is 1. The van der Waals surface area contributed by atoms with Crippen molar-refractivity contribution in [1.82, 2.24) is 4.90 Å². The molecular weight excluding hydrogens is 254 g/mol. The van der Waals surface area contributed by atoms with Crippen molar-refractivity contribution in [1.29, 1.82) is 0 Å². The summed E-state index contributed by atoms with van der Waals surface area (Å²) in [5.74, 6) is 0.445. The van der Waals surface area contributed by atoms with E-state index in [0.29, 0.717) is 12.3 Å². The smallest absolute Gasteiger partial charge is 0.154 e. The summed E-state index contributed by atoms with van der Waals surface area (Å²) in [5, 5.41) is 0. The van der Waals surface area contributed by atoms with E-state index in [0.717, 1.165) is 23.0 Å². The SMILES string of the molecule is CN1CCC(c2ccc(Br)cc2)C(=O)C1. The van der Waals surface area contributed by atoms with E-state index in [-0.39, 0.29) is 5.92 Å². The van der Waals surface area contributed by atoms with Gasteiger partial charge in [0.1, 0.15) is 0 Å². The summed E-state index contributed by atoms with van der Waals surface area (Å²) in [5.41, 5.74) is 1.15. The van der Waals surface area contributed by atoms with Gasteiger partial charge in [-0.25, -0.2) is 0 Å². The molecule has 2 rings (SSSR count). The summed E-state index contributed by atoms with van der Waals surface area (Å²) in [6.45, 7) is 1.59. The standard InChI is InChI=1S/C12H14BrNO/c1-14-7-6-11(12(15)8-14)9-2-4-10(13)5-3-9/h2-5,11H,6-8H2,1H3. The normalized spacial score (nSPS) is 23.1. The van der Waals surface area contributed by atoms with Crippen molar-refractivity contribution in [2.75, 3.05) is 20.1 Å². The van der Waals surface area contributed by atoms with Crippen molar-refractivity contribution >= 4 is 21.7 Å². The number of hydrogen-bond donors (Lipinski definition) is 0. The first-order chi connectivity index (χ1) is 7.16. The highest BCUT2D eigenvalue weighted by atomic mass is 79.9. The summed E-state index contributed by atoms with van der Waals surface area (Å²) in [7, 11) is 2.00. The first-order valence-electron chi connectivity index (χ1n) is 5.13. The molecule has 3 heteroatoms. The first kappa shape index (κ1) is 10.8. The highest BCUT2D eigenvalue weighted by Gasteiger charge is 2.26. The van der Waals surface area contributed by atoms with E-state index in [2.05, 4.69) is 20.8 Å². The molecule has 80 valence electrons. The van der Waals surface area contributed by atoms with Crippen LogP contribution in [0.15, 0.2) is 28.7 Å². The molecule has 1 saturated heterocycles. The van der Waals surface area contributed by atoms with Gasteiger partial charge in [0.15, 0.2) is 5.78 Å². The number of hydrogen-bond acceptors (Lipinski definition) is 2. The van der Waals surface area contributed by atoms with E-state index < -0.39 is 0 Å². The zero-order valence-electron chi connectivity index (χ0n) is 8.74. The predicted octanol–water partition coefficient (Wildman–Crippen LogP) is 2.44. The number of benzene rings is 1. The van der Waals surface area contributed by atoms with E-state index in [1.165, 1.54) is 0 Å². The second-order valence-electron chi connectivity index (χ2n) is 4.10. The molecule has 1 aliphatic rings. The molecule has 2 nitrogen and oxygen atoms in total. The molecule has 0 amide bonds. The Labute approximate surface area is 98.4 Å². The Morgan fingerprint density at radius 2 is 2.00 bits per heavy atom. The molecule has 1 aromatic carbocycles. The van der Waals surface area contributed by atoms with Gasteiger partial charge >= 0.3 is 0 Å².